The smallest absolute Gasteiger partial charge is 0.346 e. The molecule has 7 N–H and O–H groups in total. The van der Waals surface area contributed by atoms with E-state index in [9.17, 15) is 30.3 Å². The van der Waals surface area contributed by atoms with Gasteiger partial charge in [-0.2, -0.15) is 0 Å². The van der Waals surface area contributed by atoms with E-state index < -0.39 is 49.2 Å². The van der Waals surface area contributed by atoms with Crippen LogP contribution in [0.2, 0.25) is 0 Å². The van der Waals surface area contributed by atoms with Crippen molar-refractivity contribution in [3.63, 3.8) is 0 Å². The molecule has 132 valence electrons. The molecule has 1 fully saturated rings. The molecule has 2 heterocycles. The maximum Gasteiger partial charge on any atom is 0.346 e. The van der Waals surface area contributed by atoms with Crippen molar-refractivity contribution in [2.75, 3.05) is 5.32 Å². The largest absolute Gasteiger partial charge is 0.391 e. The van der Waals surface area contributed by atoms with Gasteiger partial charge in [0.15, 0.2) is 12.5 Å². The van der Waals surface area contributed by atoms with E-state index in [2.05, 4.69) is 25.3 Å². The zero-order valence-electron chi connectivity index (χ0n) is 12.1. The molecule has 0 amide bonds. The Kier molecular flexibility index (Phi) is 5.69. The first-order valence-corrected chi connectivity index (χ1v) is 6.76. The summed E-state index contributed by atoms with van der Waals surface area (Å²) in [4.78, 5) is 19.3. The maximum absolute atomic E-state index is 11.3. The molecular weight excluding hydrogens is 328 g/mol. The maximum atomic E-state index is 11.3. The van der Waals surface area contributed by atoms with Crippen LogP contribution in [0.3, 0.4) is 0 Å². The third-order valence-electron chi connectivity index (χ3n) is 3.46. The van der Waals surface area contributed by atoms with E-state index in [1.807, 2.05) is 0 Å². The minimum atomic E-state index is -1.83. The average Bonchev–Trinajstić information content (AvgIpc) is 2.55. The van der Waals surface area contributed by atoms with E-state index in [4.69, 9.17) is 10.3 Å². The fourth-order valence-electron chi connectivity index (χ4n) is 2.20. The van der Waals surface area contributed by atoms with Crippen LogP contribution in [0.1, 0.15) is 5.56 Å². The number of nitrogens with zero attached hydrogens (tertiary/aromatic N) is 4. The summed E-state index contributed by atoms with van der Waals surface area (Å²) >= 11 is 0. The van der Waals surface area contributed by atoms with E-state index in [0.717, 1.165) is 6.20 Å². The van der Waals surface area contributed by atoms with E-state index in [1.165, 1.54) is 0 Å². The lowest BCUT2D eigenvalue weighted by molar-refractivity contribution is -0.235. The lowest BCUT2D eigenvalue weighted by Gasteiger charge is -2.41. The number of aliphatic hydroxyl groups is 5. The van der Waals surface area contributed by atoms with Crippen molar-refractivity contribution in [1.29, 1.82) is 0 Å². The van der Waals surface area contributed by atoms with E-state index in [-0.39, 0.29) is 11.4 Å². The summed E-state index contributed by atoms with van der Waals surface area (Å²) in [5.41, 5.74) is 7.75. The second-order valence-electron chi connectivity index (χ2n) is 5.00. The number of aromatic nitrogens is 2. The van der Waals surface area contributed by atoms with Crippen LogP contribution in [0.5, 0.6) is 0 Å². The molecule has 13 nitrogen and oxygen atoms in total. The van der Waals surface area contributed by atoms with Gasteiger partial charge in [-0.3, -0.25) is 4.98 Å². The first-order valence-electron chi connectivity index (χ1n) is 6.76. The quantitative estimate of drug-likeness (QED) is 0.165. The van der Waals surface area contributed by atoms with Crippen LogP contribution in [-0.4, -0.2) is 72.4 Å². The van der Waals surface area contributed by atoms with Crippen molar-refractivity contribution in [1.82, 2.24) is 9.97 Å². The second-order valence-corrected chi connectivity index (χ2v) is 5.00. The number of H-pyrrole nitrogens is 1. The fourth-order valence-corrected chi connectivity index (χ4v) is 2.20. The van der Waals surface area contributed by atoms with Crippen LogP contribution in [-0.2, 0) is 11.3 Å². The van der Waals surface area contributed by atoms with E-state index in [1.54, 1.807) is 0 Å². The Morgan fingerprint density at radius 1 is 1.42 bits per heavy atom. The average molecular weight is 344 g/mol. The summed E-state index contributed by atoms with van der Waals surface area (Å²) < 4.78 is 5.23. The molecule has 0 saturated carbocycles. The number of hydrogen-bond donors (Lipinski definition) is 7. The topological polar surface area (TPSA) is 217 Å². The standard InChI is InChI=1S/C11H16N6O7/c12-17-16-9(22)7-5(20)4(19)6(21)10(24-7)14-8-3(2-18)1-13-11(23)15-8/h1,4-7,9-10,18-22H,2H2,(H2,13,14,15,23)/t4-,5-,6+,7-,9?,10?/m0/s1. The van der Waals surface area contributed by atoms with E-state index in [0.29, 0.717) is 0 Å². The number of anilines is 1. The van der Waals surface area contributed by atoms with Crippen molar-refractivity contribution in [2.24, 2.45) is 5.11 Å². The zero-order chi connectivity index (χ0) is 17.9. The molecule has 2 unspecified atom stereocenters. The second kappa shape index (κ2) is 7.55. The lowest BCUT2D eigenvalue weighted by atomic mass is 9.97. The SMILES string of the molecule is [N-]=[N+]=NC(O)[C@H]1OC(Nc2[nH]c(=O)ncc2CO)[C@H](O)[C@@H](O)[C@@H]1O. The first-order chi connectivity index (χ1) is 11.4. The molecule has 2 rings (SSSR count). The number of azide groups is 1. The molecule has 0 radical (unpaired) electrons. The summed E-state index contributed by atoms with van der Waals surface area (Å²) in [6, 6.07) is 0. The van der Waals surface area contributed by atoms with Crippen molar-refractivity contribution >= 4 is 5.82 Å². The molecule has 0 spiro atoms. The molecule has 6 atom stereocenters. The number of nitrogens with one attached hydrogen (secondary N) is 2. The Morgan fingerprint density at radius 3 is 2.75 bits per heavy atom. The van der Waals surface area contributed by atoms with Crippen molar-refractivity contribution < 1.29 is 30.3 Å². The number of ether oxygens (including phenoxy) is 1. The van der Waals surface area contributed by atoms with Crippen molar-refractivity contribution in [3.05, 3.63) is 32.7 Å². The van der Waals surface area contributed by atoms with Gasteiger partial charge < -0.3 is 35.6 Å². The van der Waals surface area contributed by atoms with Gasteiger partial charge in [-0.05, 0) is 5.53 Å². The third kappa shape index (κ3) is 3.63. The van der Waals surface area contributed by atoms with Crippen LogP contribution in [0.15, 0.2) is 16.1 Å². The Labute approximate surface area is 133 Å². The highest BCUT2D eigenvalue weighted by atomic mass is 16.6. The van der Waals surface area contributed by atoms with Gasteiger partial charge >= 0.3 is 5.69 Å². The van der Waals surface area contributed by atoms with Crippen LogP contribution >= 0.6 is 0 Å². The Hall–Kier alpha value is -2.25. The molecule has 24 heavy (non-hydrogen) atoms. The lowest BCUT2D eigenvalue weighted by Crippen LogP contribution is -2.62. The molecule has 1 saturated heterocycles. The van der Waals surface area contributed by atoms with Gasteiger partial charge in [0.05, 0.1) is 6.61 Å². The molecule has 1 aliphatic heterocycles. The van der Waals surface area contributed by atoms with Gasteiger partial charge in [-0.15, -0.1) is 0 Å². The van der Waals surface area contributed by atoms with Crippen LogP contribution < -0.4 is 11.0 Å². The monoisotopic (exact) mass is 344 g/mol. The molecule has 0 aliphatic carbocycles. The summed E-state index contributed by atoms with van der Waals surface area (Å²) in [6.45, 7) is -0.495. The minimum absolute atomic E-state index is 0.0397. The van der Waals surface area contributed by atoms with Crippen LogP contribution in [0.4, 0.5) is 5.82 Å². The van der Waals surface area contributed by atoms with Crippen molar-refractivity contribution in [2.45, 2.75) is 43.5 Å². The van der Waals surface area contributed by atoms with Gasteiger partial charge in [0.25, 0.3) is 0 Å². The number of rotatable bonds is 5. The number of hydrogen-bond acceptors (Lipinski definition) is 10. The third-order valence-corrected chi connectivity index (χ3v) is 3.46. The number of aliphatic hydroxyl groups excluding tert-OH is 5. The Morgan fingerprint density at radius 2 is 2.12 bits per heavy atom. The van der Waals surface area contributed by atoms with Gasteiger partial charge in [0.2, 0.25) is 0 Å². The van der Waals surface area contributed by atoms with Crippen LogP contribution in [0, 0.1) is 0 Å². The summed E-state index contributed by atoms with van der Waals surface area (Å²) in [6.07, 6.45) is -8.80. The molecule has 1 aliphatic rings. The number of aromatic amines is 1. The highest BCUT2D eigenvalue weighted by Crippen LogP contribution is 2.25. The highest BCUT2D eigenvalue weighted by molar-refractivity contribution is 5.42. The Balaban J connectivity index is 2.27. The molecule has 0 aromatic carbocycles. The highest BCUT2D eigenvalue weighted by Gasteiger charge is 2.46. The fraction of sp³-hybridized carbons (Fsp3) is 0.636. The summed E-state index contributed by atoms with van der Waals surface area (Å²) in [5, 5.41) is 54.0. The first kappa shape index (κ1) is 18.1. The zero-order valence-corrected chi connectivity index (χ0v) is 12.1. The van der Waals surface area contributed by atoms with Gasteiger partial charge in [0.1, 0.15) is 30.2 Å². The molecular formula is C11H16N6O7. The Bertz CT molecular complexity index is 677. The van der Waals surface area contributed by atoms with Crippen LogP contribution in [0.25, 0.3) is 10.4 Å². The van der Waals surface area contributed by atoms with Gasteiger partial charge in [0, 0.05) is 16.7 Å². The van der Waals surface area contributed by atoms with Gasteiger partial charge in [-0.1, -0.05) is 5.11 Å². The molecule has 13 heteroatoms. The van der Waals surface area contributed by atoms with Gasteiger partial charge in [-0.25, -0.2) is 9.78 Å². The molecule has 0 bridgehead atoms. The van der Waals surface area contributed by atoms with E-state index >= 15 is 0 Å². The summed E-state index contributed by atoms with van der Waals surface area (Å²) in [5.74, 6) is -0.0397. The normalized spacial score (nSPS) is 31.1. The predicted octanol–water partition coefficient (Wildman–Crippen LogP) is -2.89. The molecule has 1 aromatic rings. The predicted molar refractivity (Wildman–Crippen MR) is 76.2 cm³/mol. The summed E-state index contributed by atoms with van der Waals surface area (Å²) in [7, 11) is 0. The molecule has 1 aromatic heterocycles. The minimum Gasteiger partial charge on any atom is -0.391 e. The van der Waals surface area contributed by atoms with Crippen molar-refractivity contribution in [3.8, 4) is 0 Å².